The first-order valence-corrected chi connectivity index (χ1v) is 9.49. The third-order valence-electron chi connectivity index (χ3n) is 7.11. The van der Waals surface area contributed by atoms with Gasteiger partial charge in [-0.3, -0.25) is 9.69 Å². The third kappa shape index (κ3) is 2.14. The Hall–Kier alpha value is -2.15. The first-order valence-electron chi connectivity index (χ1n) is 9.49. The standard InChI is InChI=1S/C20H19F3N2O4/c1-9-11(4-3-10(8-24)13(9)20(21,22)23)25-16(27)14-15-17(25)28-6-5-19(15)12(26)7-18(14,2)29-19/h3-4,12,14-15,17,26H,5-7H2,1-2H3/t12-,14+,15-,17-,18+,19-/m0/s1. The minimum absolute atomic E-state index is 0.0789. The fourth-order valence-electron chi connectivity index (χ4n) is 6.08. The van der Waals surface area contributed by atoms with Crippen molar-refractivity contribution in [3.8, 4) is 6.07 Å². The SMILES string of the molecule is Cc1c(N2C(=O)[C@H]3[C@H]4[C@@H]2OCC[C@@]42O[C@]3(C)C[C@@H]2O)ccc(C#N)c1C(F)(F)F. The number of aliphatic hydroxyl groups is 1. The number of fused-ring (bicyclic) bond motifs is 2. The molecule has 4 aliphatic heterocycles. The Morgan fingerprint density at radius 2 is 2.10 bits per heavy atom. The van der Waals surface area contributed by atoms with Crippen LogP contribution in [0.3, 0.4) is 0 Å². The highest BCUT2D eigenvalue weighted by Crippen LogP contribution is 2.65. The minimum Gasteiger partial charge on any atom is -0.390 e. The van der Waals surface area contributed by atoms with Crippen molar-refractivity contribution in [2.45, 2.75) is 56.4 Å². The summed E-state index contributed by atoms with van der Waals surface area (Å²) in [7, 11) is 0. The van der Waals surface area contributed by atoms with E-state index in [1.54, 1.807) is 13.0 Å². The quantitative estimate of drug-likeness (QED) is 0.772. The van der Waals surface area contributed by atoms with Crippen molar-refractivity contribution in [3.63, 3.8) is 0 Å². The summed E-state index contributed by atoms with van der Waals surface area (Å²) < 4.78 is 53.0. The summed E-state index contributed by atoms with van der Waals surface area (Å²) in [6.45, 7) is 3.27. The van der Waals surface area contributed by atoms with Crippen LogP contribution in [0.4, 0.5) is 18.9 Å². The molecule has 0 radical (unpaired) electrons. The van der Waals surface area contributed by atoms with E-state index in [1.165, 1.54) is 17.9 Å². The van der Waals surface area contributed by atoms with Crippen molar-refractivity contribution in [1.82, 2.24) is 0 Å². The van der Waals surface area contributed by atoms with Gasteiger partial charge in [0.1, 0.15) is 11.8 Å². The molecule has 1 N–H and O–H groups in total. The zero-order valence-electron chi connectivity index (χ0n) is 15.8. The van der Waals surface area contributed by atoms with Crippen LogP contribution in [0, 0.1) is 30.1 Å². The van der Waals surface area contributed by atoms with Crippen LogP contribution in [0.2, 0.25) is 0 Å². The van der Waals surface area contributed by atoms with E-state index in [1.807, 2.05) is 0 Å². The molecule has 5 rings (SSSR count). The minimum atomic E-state index is -4.73. The van der Waals surface area contributed by atoms with E-state index in [0.717, 1.165) is 6.07 Å². The van der Waals surface area contributed by atoms with E-state index in [-0.39, 0.29) is 23.8 Å². The maximum Gasteiger partial charge on any atom is 0.418 e. The number of hydrogen-bond acceptors (Lipinski definition) is 5. The van der Waals surface area contributed by atoms with Gasteiger partial charge in [0.05, 0.1) is 47.3 Å². The summed E-state index contributed by atoms with van der Waals surface area (Å²) in [5, 5.41) is 19.8. The smallest absolute Gasteiger partial charge is 0.390 e. The van der Waals surface area contributed by atoms with Crippen LogP contribution in [0.1, 0.15) is 36.5 Å². The second kappa shape index (κ2) is 5.50. The molecule has 0 aliphatic carbocycles. The molecule has 29 heavy (non-hydrogen) atoms. The summed E-state index contributed by atoms with van der Waals surface area (Å²) in [6.07, 6.45) is -5.56. The predicted octanol–water partition coefficient (Wildman–Crippen LogP) is 2.50. The van der Waals surface area contributed by atoms with Crippen LogP contribution < -0.4 is 4.90 Å². The summed E-state index contributed by atoms with van der Waals surface area (Å²) >= 11 is 0. The van der Waals surface area contributed by atoms with E-state index >= 15 is 0 Å². The van der Waals surface area contributed by atoms with Gasteiger partial charge in [-0.25, -0.2) is 0 Å². The van der Waals surface area contributed by atoms with Gasteiger partial charge in [-0.05, 0) is 31.5 Å². The monoisotopic (exact) mass is 408 g/mol. The van der Waals surface area contributed by atoms with Crippen LogP contribution in [-0.4, -0.2) is 41.2 Å². The zero-order valence-corrected chi connectivity index (χ0v) is 15.8. The second-order valence-electron chi connectivity index (χ2n) is 8.55. The van der Waals surface area contributed by atoms with Gasteiger partial charge < -0.3 is 14.6 Å². The van der Waals surface area contributed by atoms with Gasteiger partial charge in [0, 0.05) is 18.5 Å². The van der Waals surface area contributed by atoms with Crippen molar-refractivity contribution in [2.24, 2.45) is 11.8 Å². The molecule has 4 fully saturated rings. The Morgan fingerprint density at radius 1 is 1.38 bits per heavy atom. The molecule has 4 aliphatic rings. The number of rotatable bonds is 1. The Kier molecular flexibility index (Phi) is 3.58. The average Bonchev–Trinajstić information content (AvgIpc) is 3.17. The lowest BCUT2D eigenvalue weighted by Gasteiger charge is -2.44. The van der Waals surface area contributed by atoms with Crippen LogP contribution in [-0.2, 0) is 20.4 Å². The van der Waals surface area contributed by atoms with E-state index in [2.05, 4.69) is 0 Å². The number of nitriles is 1. The molecule has 1 aromatic rings. The maximum absolute atomic E-state index is 13.6. The largest absolute Gasteiger partial charge is 0.418 e. The van der Waals surface area contributed by atoms with E-state index in [9.17, 15) is 23.1 Å². The molecule has 1 spiro atoms. The van der Waals surface area contributed by atoms with Crippen LogP contribution in [0.25, 0.3) is 0 Å². The lowest BCUT2D eigenvalue weighted by molar-refractivity contribution is -0.163. The molecule has 0 unspecified atom stereocenters. The van der Waals surface area contributed by atoms with Gasteiger partial charge in [-0.1, -0.05) is 0 Å². The number of amides is 1. The topological polar surface area (TPSA) is 82.8 Å². The molecule has 2 bridgehead atoms. The molecule has 0 saturated carbocycles. The first-order chi connectivity index (χ1) is 13.5. The number of halogens is 3. The molecule has 0 aromatic heterocycles. The summed E-state index contributed by atoms with van der Waals surface area (Å²) in [5.41, 5.74) is -3.44. The molecule has 1 amide bonds. The molecule has 6 nitrogen and oxygen atoms in total. The first kappa shape index (κ1) is 18.9. The maximum atomic E-state index is 13.6. The number of nitrogens with zero attached hydrogens (tertiary/aromatic N) is 2. The van der Waals surface area contributed by atoms with E-state index in [4.69, 9.17) is 14.7 Å². The van der Waals surface area contributed by atoms with Gasteiger partial charge >= 0.3 is 6.18 Å². The van der Waals surface area contributed by atoms with Crippen molar-refractivity contribution in [1.29, 1.82) is 5.26 Å². The number of ether oxygens (including phenoxy) is 2. The highest BCUT2D eigenvalue weighted by atomic mass is 19.4. The Bertz CT molecular complexity index is 974. The Balaban J connectivity index is 1.67. The Labute approximate surface area is 164 Å². The normalized spacial score (nSPS) is 40.3. The van der Waals surface area contributed by atoms with Crippen LogP contribution in [0.15, 0.2) is 12.1 Å². The number of aliphatic hydroxyl groups excluding tert-OH is 1. The molecular formula is C20H19F3N2O4. The van der Waals surface area contributed by atoms with Crippen molar-refractivity contribution < 1.29 is 32.5 Å². The lowest BCUT2D eigenvalue weighted by atomic mass is 9.65. The molecule has 4 heterocycles. The molecule has 1 aromatic carbocycles. The molecule has 154 valence electrons. The van der Waals surface area contributed by atoms with Crippen LogP contribution >= 0.6 is 0 Å². The predicted molar refractivity (Wildman–Crippen MR) is 92.6 cm³/mol. The number of carbonyl (C=O) groups excluding carboxylic acids is 1. The number of benzene rings is 1. The van der Waals surface area contributed by atoms with Crippen molar-refractivity contribution in [3.05, 3.63) is 28.8 Å². The number of hydrogen-bond donors (Lipinski definition) is 1. The van der Waals surface area contributed by atoms with Gasteiger partial charge in [0.25, 0.3) is 0 Å². The average molecular weight is 408 g/mol. The molecular weight excluding hydrogens is 389 g/mol. The molecule has 9 heteroatoms. The third-order valence-corrected chi connectivity index (χ3v) is 7.11. The fourth-order valence-corrected chi connectivity index (χ4v) is 6.08. The number of alkyl halides is 3. The Morgan fingerprint density at radius 3 is 2.76 bits per heavy atom. The fraction of sp³-hybridized carbons (Fsp3) is 0.600. The second-order valence-corrected chi connectivity index (χ2v) is 8.55. The lowest BCUT2D eigenvalue weighted by Crippen LogP contribution is -2.57. The van der Waals surface area contributed by atoms with Gasteiger partial charge in [0.15, 0.2) is 0 Å². The highest BCUT2D eigenvalue weighted by Gasteiger charge is 2.78. The van der Waals surface area contributed by atoms with Gasteiger partial charge in [-0.15, -0.1) is 0 Å². The molecule has 6 atom stereocenters. The number of anilines is 1. The summed E-state index contributed by atoms with van der Waals surface area (Å²) in [4.78, 5) is 14.7. The number of carbonyl (C=O) groups is 1. The summed E-state index contributed by atoms with van der Waals surface area (Å²) in [5.74, 6) is -1.42. The van der Waals surface area contributed by atoms with E-state index < -0.39 is 52.7 Å². The zero-order chi connectivity index (χ0) is 20.9. The summed E-state index contributed by atoms with van der Waals surface area (Å²) in [6, 6.07) is 4.04. The van der Waals surface area contributed by atoms with E-state index in [0.29, 0.717) is 12.8 Å². The van der Waals surface area contributed by atoms with Gasteiger partial charge in [-0.2, -0.15) is 18.4 Å². The van der Waals surface area contributed by atoms with Crippen molar-refractivity contribution in [2.75, 3.05) is 11.5 Å². The van der Waals surface area contributed by atoms with Crippen LogP contribution in [0.5, 0.6) is 0 Å². The highest BCUT2D eigenvalue weighted by molar-refractivity contribution is 6.00. The van der Waals surface area contributed by atoms with Gasteiger partial charge in [0.2, 0.25) is 5.91 Å². The van der Waals surface area contributed by atoms with Crippen molar-refractivity contribution >= 4 is 11.6 Å². The molecule has 4 saturated heterocycles.